The van der Waals surface area contributed by atoms with Crippen molar-refractivity contribution in [1.82, 2.24) is 34.8 Å². The molecule has 1 aromatic carbocycles. The maximum Gasteiger partial charge on any atom is 0.251 e. The summed E-state index contributed by atoms with van der Waals surface area (Å²) in [5, 5.41) is 11.2. The molecule has 134 valence electrons. The first kappa shape index (κ1) is 16.6. The Morgan fingerprint density at radius 1 is 1.04 bits per heavy atom. The Kier molecular flexibility index (Phi) is 4.69. The van der Waals surface area contributed by atoms with Gasteiger partial charge >= 0.3 is 0 Å². The summed E-state index contributed by atoms with van der Waals surface area (Å²) in [6.07, 6.45) is 8.35. The van der Waals surface area contributed by atoms with Crippen molar-refractivity contribution in [3.8, 4) is 5.82 Å². The van der Waals surface area contributed by atoms with Crippen LogP contribution in [-0.2, 0) is 13.1 Å². The highest BCUT2D eigenvalue weighted by Gasteiger charge is 2.10. The molecule has 0 radical (unpaired) electrons. The van der Waals surface area contributed by atoms with Crippen molar-refractivity contribution in [1.29, 1.82) is 0 Å². The molecule has 0 aliphatic rings. The molecular formula is C19H17N7O. The third-order valence-electron chi connectivity index (χ3n) is 4.06. The monoisotopic (exact) mass is 359 g/mol. The molecule has 0 unspecified atom stereocenters. The lowest BCUT2D eigenvalue weighted by Gasteiger charge is -2.10. The van der Waals surface area contributed by atoms with Crippen molar-refractivity contribution in [3.63, 3.8) is 0 Å². The van der Waals surface area contributed by atoms with E-state index in [-0.39, 0.29) is 5.91 Å². The van der Waals surface area contributed by atoms with Crippen LogP contribution >= 0.6 is 0 Å². The zero-order chi connectivity index (χ0) is 18.5. The van der Waals surface area contributed by atoms with Crippen LogP contribution in [0.5, 0.6) is 0 Å². The number of benzene rings is 1. The third-order valence-corrected chi connectivity index (χ3v) is 4.06. The summed E-state index contributed by atoms with van der Waals surface area (Å²) in [5.41, 5.74) is 2.54. The Morgan fingerprint density at radius 3 is 2.67 bits per heavy atom. The van der Waals surface area contributed by atoms with Gasteiger partial charge in [0, 0.05) is 36.3 Å². The molecule has 0 spiro atoms. The van der Waals surface area contributed by atoms with Crippen LogP contribution in [0.2, 0.25) is 0 Å². The highest BCUT2D eigenvalue weighted by molar-refractivity contribution is 5.94. The highest BCUT2D eigenvalue weighted by Crippen LogP contribution is 2.10. The SMILES string of the molecule is O=C(NCc1cccnc1-n1cncn1)c1ccc(Cn2cccn2)cc1. The van der Waals surface area contributed by atoms with E-state index < -0.39 is 0 Å². The molecule has 0 atom stereocenters. The molecular weight excluding hydrogens is 342 g/mol. The smallest absolute Gasteiger partial charge is 0.251 e. The molecule has 0 fully saturated rings. The average molecular weight is 359 g/mol. The first-order valence-corrected chi connectivity index (χ1v) is 8.43. The average Bonchev–Trinajstić information content (AvgIpc) is 3.41. The summed E-state index contributed by atoms with van der Waals surface area (Å²) in [5.74, 6) is 0.499. The largest absolute Gasteiger partial charge is 0.348 e. The molecule has 0 bridgehead atoms. The van der Waals surface area contributed by atoms with E-state index in [0.29, 0.717) is 24.5 Å². The highest BCUT2D eigenvalue weighted by atomic mass is 16.1. The van der Waals surface area contributed by atoms with E-state index in [2.05, 4.69) is 25.5 Å². The molecule has 8 nitrogen and oxygen atoms in total. The second-order valence-electron chi connectivity index (χ2n) is 5.91. The van der Waals surface area contributed by atoms with Crippen LogP contribution in [0.25, 0.3) is 5.82 Å². The maximum atomic E-state index is 12.5. The number of amides is 1. The topological polar surface area (TPSA) is 90.5 Å². The minimum Gasteiger partial charge on any atom is -0.348 e. The number of carbonyl (C=O) groups excluding carboxylic acids is 1. The van der Waals surface area contributed by atoms with Gasteiger partial charge in [0.2, 0.25) is 0 Å². The molecule has 0 aliphatic heterocycles. The summed E-state index contributed by atoms with van der Waals surface area (Å²) < 4.78 is 3.41. The van der Waals surface area contributed by atoms with Crippen LogP contribution in [0.4, 0.5) is 0 Å². The van der Waals surface area contributed by atoms with E-state index in [1.165, 1.54) is 6.33 Å². The number of hydrogen-bond acceptors (Lipinski definition) is 5. The van der Waals surface area contributed by atoms with Gasteiger partial charge in [-0.25, -0.2) is 14.6 Å². The van der Waals surface area contributed by atoms with Gasteiger partial charge in [0.25, 0.3) is 5.91 Å². The van der Waals surface area contributed by atoms with E-state index in [9.17, 15) is 4.79 Å². The number of hydrogen-bond donors (Lipinski definition) is 1. The lowest BCUT2D eigenvalue weighted by molar-refractivity contribution is 0.0951. The van der Waals surface area contributed by atoms with Crippen molar-refractivity contribution >= 4 is 5.91 Å². The normalized spacial score (nSPS) is 10.7. The fourth-order valence-electron chi connectivity index (χ4n) is 2.71. The van der Waals surface area contributed by atoms with Crippen molar-refractivity contribution < 1.29 is 4.79 Å². The molecule has 3 heterocycles. The zero-order valence-electron chi connectivity index (χ0n) is 14.4. The van der Waals surface area contributed by atoms with Crippen LogP contribution in [-0.4, -0.2) is 35.4 Å². The first-order valence-electron chi connectivity index (χ1n) is 8.43. The molecule has 1 N–H and O–H groups in total. The number of pyridine rings is 1. The predicted molar refractivity (Wildman–Crippen MR) is 98.1 cm³/mol. The van der Waals surface area contributed by atoms with Gasteiger partial charge in [0.15, 0.2) is 5.82 Å². The standard InChI is InChI=1S/C19H17N7O/c27-19(16-6-4-15(5-7-16)12-25-10-2-9-23-25)22-11-17-3-1-8-21-18(17)26-14-20-13-24-26/h1-10,13-14H,11-12H2,(H,22,27). The van der Waals surface area contributed by atoms with E-state index in [1.807, 2.05) is 53.3 Å². The van der Waals surface area contributed by atoms with E-state index >= 15 is 0 Å². The summed E-state index contributed by atoms with van der Waals surface area (Å²) in [4.78, 5) is 20.7. The van der Waals surface area contributed by atoms with Crippen molar-refractivity contribution in [2.75, 3.05) is 0 Å². The van der Waals surface area contributed by atoms with Crippen molar-refractivity contribution in [2.24, 2.45) is 0 Å². The van der Waals surface area contributed by atoms with Gasteiger partial charge in [-0.3, -0.25) is 9.48 Å². The second kappa shape index (κ2) is 7.61. The van der Waals surface area contributed by atoms with Crippen LogP contribution in [0.3, 0.4) is 0 Å². The molecule has 0 saturated heterocycles. The molecule has 0 saturated carbocycles. The third kappa shape index (κ3) is 3.90. The fraction of sp³-hybridized carbons (Fsp3) is 0.105. The molecule has 0 aliphatic carbocycles. The Morgan fingerprint density at radius 2 is 1.93 bits per heavy atom. The van der Waals surface area contributed by atoms with E-state index in [0.717, 1.165) is 11.1 Å². The summed E-state index contributed by atoms with van der Waals surface area (Å²) in [6.45, 7) is 1.02. The Balaban J connectivity index is 1.41. The van der Waals surface area contributed by atoms with Gasteiger partial charge in [-0.2, -0.15) is 10.2 Å². The van der Waals surface area contributed by atoms with Gasteiger partial charge < -0.3 is 5.32 Å². The predicted octanol–water partition coefficient (Wildman–Crippen LogP) is 1.84. The summed E-state index contributed by atoms with van der Waals surface area (Å²) in [7, 11) is 0. The van der Waals surface area contributed by atoms with Crippen LogP contribution < -0.4 is 5.32 Å². The van der Waals surface area contributed by atoms with Gasteiger partial charge in [0.05, 0.1) is 6.54 Å². The lowest BCUT2D eigenvalue weighted by Crippen LogP contribution is -2.23. The van der Waals surface area contributed by atoms with Gasteiger partial charge in [0.1, 0.15) is 12.7 Å². The minimum absolute atomic E-state index is 0.144. The molecule has 3 aromatic heterocycles. The number of aromatic nitrogens is 6. The zero-order valence-corrected chi connectivity index (χ0v) is 14.4. The minimum atomic E-state index is -0.144. The Hall–Kier alpha value is -3.81. The Labute approximate surface area is 155 Å². The lowest BCUT2D eigenvalue weighted by atomic mass is 10.1. The van der Waals surface area contributed by atoms with Gasteiger partial charge in [-0.05, 0) is 29.8 Å². The quantitative estimate of drug-likeness (QED) is 0.567. The van der Waals surface area contributed by atoms with Crippen LogP contribution in [0, 0.1) is 0 Å². The summed E-state index contributed by atoms with van der Waals surface area (Å²) >= 11 is 0. The van der Waals surface area contributed by atoms with Gasteiger partial charge in [-0.15, -0.1) is 0 Å². The van der Waals surface area contributed by atoms with Gasteiger partial charge in [-0.1, -0.05) is 18.2 Å². The molecule has 27 heavy (non-hydrogen) atoms. The molecule has 8 heteroatoms. The van der Waals surface area contributed by atoms with Crippen LogP contribution in [0.15, 0.2) is 73.7 Å². The number of nitrogens with zero attached hydrogens (tertiary/aromatic N) is 6. The van der Waals surface area contributed by atoms with Crippen LogP contribution in [0.1, 0.15) is 21.5 Å². The second-order valence-corrected chi connectivity index (χ2v) is 5.91. The fourth-order valence-corrected chi connectivity index (χ4v) is 2.71. The molecule has 4 rings (SSSR count). The molecule has 4 aromatic rings. The first-order chi connectivity index (χ1) is 13.3. The Bertz CT molecular complexity index is 1010. The molecule has 1 amide bonds. The van der Waals surface area contributed by atoms with E-state index in [1.54, 1.807) is 23.4 Å². The summed E-state index contributed by atoms with van der Waals surface area (Å²) in [6, 6.07) is 13.1. The van der Waals surface area contributed by atoms with Crippen molar-refractivity contribution in [3.05, 3.63) is 90.4 Å². The van der Waals surface area contributed by atoms with Crippen molar-refractivity contribution in [2.45, 2.75) is 13.1 Å². The maximum absolute atomic E-state index is 12.5. The number of nitrogens with one attached hydrogen (secondary N) is 1. The number of carbonyl (C=O) groups is 1. The van der Waals surface area contributed by atoms with E-state index in [4.69, 9.17) is 0 Å². The number of rotatable bonds is 6.